The van der Waals surface area contributed by atoms with Crippen molar-refractivity contribution in [2.75, 3.05) is 7.11 Å². The van der Waals surface area contributed by atoms with Crippen LogP contribution < -0.4 is 4.74 Å². The summed E-state index contributed by atoms with van der Waals surface area (Å²) in [5.74, 6) is -1.40. The Morgan fingerprint density at radius 3 is 2.61 bits per heavy atom. The highest BCUT2D eigenvalue weighted by molar-refractivity contribution is 5.65. The third-order valence-electron chi connectivity index (χ3n) is 3.40. The van der Waals surface area contributed by atoms with Gasteiger partial charge in [-0.15, -0.1) is 5.10 Å². The zero-order valence-electron chi connectivity index (χ0n) is 12.2. The van der Waals surface area contributed by atoms with Crippen LogP contribution >= 0.6 is 0 Å². The van der Waals surface area contributed by atoms with E-state index in [9.17, 15) is 13.9 Å². The van der Waals surface area contributed by atoms with Crippen LogP contribution in [0, 0.1) is 11.6 Å². The normalized spacial score (nSPS) is 10.8. The number of aliphatic hydroxyl groups excluding tert-OH is 1. The second-order valence-corrected chi connectivity index (χ2v) is 4.76. The molecule has 0 aliphatic heterocycles. The van der Waals surface area contributed by atoms with Crippen molar-refractivity contribution in [2.24, 2.45) is 0 Å². The number of methoxy groups -OCH3 is 1. The van der Waals surface area contributed by atoms with E-state index >= 15 is 0 Å². The molecule has 0 saturated carbocycles. The van der Waals surface area contributed by atoms with Crippen LogP contribution in [0.25, 0.3) is 16.9 Å². The fourth-order valence-electron chi connectivity index (χ4n) is 2.33. The summed E-state index contributed by atoms with van der Waals surface area (Å²) >= 11 is 0. The van der Waals surface area contributed by atoms with Crippen molar-refractivity contribution in [1.82, 2.24) is 15.0 Å². The second-order valence-electron chi connectivity index (χ2n) is 4.76. The van der Waals surface area contributed by atoms with Crippen LogP contribution in [0.2, 0.25) is 0 Å². The van der Waals surface area contributed by atoms with Gasteiger partial charge in [0.25, 0.3) is 0 Å². The molecule has 7 heteroatoms. The SMILES string of the molecule is COc1ccccc1-n1nnc(CO)c1-c1ccc(F)c(F)c1. The van der Waals surface area contributed by atoms with Crippen LogP contribution in [0.15, 0.2) is 42.5 Å². The molecule has 2 aromatic carbocycles. The quantitative estimate of drug-likeness (QED) is 0.804. The summed E-state index contributed by atoms with van der Waals surface area (Å²) in [4.78, 5) is 0. The van der Waals surface area contributed by atoms with Gasteiger partial charge < -0.3 is 9.84 Å². The molecule has 0 bridgehead atoms. The molecule has 0 radical (unpaired) electrons. The van der Waals surface area contributed by atoms with Gasteiger partial charge in [0.2, 0.25) is 0 Å². The zero-order valence-corrected chi connectivity index (χ0v) is 12.2. The van der Waals surface area contributed by atoms with Gasteiger partial charge in [0.05, 0.1) is 13.7 Å². The zero-order chi connectivity index (χ0) is 16.4. The minimum absolute atomic E-state index is 0.252. The molecule has 23 heavy (non-hydrogen) atoms. The molecule has 1 heterocycles. The number of nitrogens with zero attached hydrogens (tertiary/aromatic N) is 3. The lowest BCUT2D eigenvalue weighted by molar-refractivity contribution is 0.277. The average molecular weight is 317 g/mol. The number of halogens is 2. The summed E-state index contributed by atoms with van der Waals surface area (Å²) in [6.07, 6.45) is 0. The van der Waals surface area contributed by atoms with Gasteiger partial charge in [-0.25, -0.2) is 13.5 Å². The molecule has 118 valence electrons. The monoisotopic (exact) mass is 317 g/mol. The third kappa shape index (κ3) is 2.66. The van der Waals surface area contributed by atoms with E-state index in [1.165, 1.54) is 17.9 Å². The fourth-order valence-corrected chi connectivity index (χ4v) is 2.33. The predicted octanol–water partition coefficient (Wildman–Crippen LogP) is 2.71. The van der Waals surface area contributed by atoms with Crippen molar-refractivity contribution in [3.8, 4) is 22.7 Å². The first-order valence-corrected chi connectivity index (χ1v) is 6.80. The van der Waals surface area contributed by atoms with Gasteiger partial charge in [0.15, 0.2) is 11.6 Å². The molecule has 0 spiro atoms. The van der Waals surface area contributed by atoms with Crippen molar-refractivity contribution in [1.29, 1.82) is 0 Å². The van der Waals surface area contributed by atoms with Crippen LogP contribution in [0.1, 0.15) is 5.69 Å². The van der Waals surface area contributed by atoms with Gasteiger partial charge in [-0.05, 0) is 30.3 Å². The summed E-state index contributed by atoms with van der Waals surface area (Å²) in [5.41, 5.74) is 1.55. The van der Waals surface area contributed by atoms with E-state index < -0.39 is 11.6 Å². The highest BCUT2D eigenvalue weighted by Crippen LogP contribution is 2.30. The second kappa shape index (κ2) is 6.13. The van der Waals surface area contributed by atoms with Crippen LogP contribution in [-0.2, 0) is 6.61 Å². The van der Waals surface area contributed by atoms with E-state index in [0.717, 1.165) is 12.1 Å². The molecule has 0 unspecified atom stereocenters. The lowest BCUT2D eigenvalue weighted by Gasteiger charge is -2.11. The number of benzene rings is 2. The van der Waals surface area contributed by atoms with Crippen molar-refractivity contribution < 1.29 is 18.6 Å². The Morgan fingerprint density at radius 2 is 1.91 bits per heavy atom. The van der Waals surface area contributed by atoms with Gasteiger partial charge in [-0.1, -0.05) is 17.3 Å². The van der Waals surface area contributed by atoms with Crippen LogP contribution in [-0.4, -0.2) is 27.2 Å². The average Bonchev–Trinajstić information content (AvgIpc) is 3.01. The maximum Gasteiger partial charge on any atom is 0.159 e. The molecule has 0 aliphatic rings. The van der Waals surface area contributed by atoms with Gasteiger partial charge >= 0.3 is 0 Å². The third-order valence-corrected chi connectivity index (χ3v) is 3.40. The molecule has 3 rings (SSSR count). The van der Waals surface area contributed by atoms with E-state index in [2.05, 4.69) is 10.3 Å². The van der Waals surface area contributed by atoms with Crippen LogP contribution in [0.5, 0.6) is 5.75 Å². The molecular weight excluding hydrogens is 304 g/mol. The topological polar surface area (TPSA) is 60.2 Å². The highest BCUT2D eigenvalue weighted by Gasteiger charge is 2.19. The highest BCUT2D eigenvalue weighted by atomic mass is 19.2. The Hall–Kier alpha value is -2.80. The molecule has 1 aromatic heterocycles. The molecule has 0 aliphatic carbocycles. The number of hydrogen-bond donors (Lipinski definition) is 1. The Morgan fingerprint density at radius 1 is 1.13 bits per heavy atom. The smallest absolute Gasteiger partial charge is 0.159 e. The van der Waals surface area contributed by atoms with E-state index in [1.54, 1.807) is 24.3 Å². The number of para-hydroxylation sites is 2. The maximum atomic E-state index is 13.6. The molecule has 1 N–H and O–H groups in total. The van der Waals surface area contributed by atoms with Crippen molar-refractivity contribution >= 4 is 0 Å². The molecular formula is C16H13F2N3O2. The summed E-state index contributed by atoms with van der Waals surface area (Å²) in [6, 6.07) is 10.5. The number of rotatable bonds is 4. The van der Waals surface area contributed by atoms with Gasteiger partial charge in [-0.3, -0.25) is 0 Å². The molecule has 0 saturated heterocycles. The number of aliphatic hydroxyl groups is 1. The van der Waals surface area contributed by atoms with Crippen molar-refractivity contribution in [3.05, 3.63) is 59.8 Å². The number of aromatic nitrogens is 3. The lowest BCUT2D eigenvalue weighted by atomic mass is 10.1. The molecule has 0 atom stereocenters. The first-order valence-electron chi connectivity index (χ1n) is 6.80. The van der Waals surface area contributed by atoms with Crippen molar-refractivity contribution in [2.45, 2.75) is 6.61 Å². The Kier molecular flexibility index (Phi) is 4.03. The minimum atomic E-state index is -0.987. The lowest BCUT2D eigenvalue weighted by Crippen LogP contribution is -2.03. The Labute approximate surface area is 130 Å². The summed E-state index contributed by atoms with van der Waals surface area (Å²) in [6.45, 7) is -0.385. The van der Waals surface area contributed by atoms with E-state index in [4.69, 9.17) is 4.74 Å². The predicted molar refractivity (Wildman–Crippen MR) is 79.2 cm³/mol. The fraction of sp³-hybridized carbons (Fsp3) is 0.125. The van der Waals surface area contributed by atoms with Crippen LogP contribution in [0.3, 0.4) is 0 Å². The largest absolute Gasteiger partial charge is 0.494 e. The summed E-state index contributed by atoms with van der Waals surface area (Å²) < 4.78 is 33.5. The Balaban J connectivity index is 2.24. The standard InChI is InChI=1S/C16H13F2N3O2/c1-23-15-5-3-2-4-14(15)21-16(13(9-22)19-20-21)10-6-7-11(17)12(18)8-10/h2-8,22H,9H2,1H3. The molecule has 0 fully saturated rings. The van der Waals surface area contributed by atoms with Crippen LogP contribution in [0.4, 0.5) is 8.78 Å². The van der Waals surface area contributed by atoms with Crippen molar-refractivity contribution in [3.63, 3.8) is 0 Å². The van der Waals surface area contributed by atoms with E-state index in [1.807, 2.05) is 0 Å². The number of ether oxygens (including phenoxy) is 1. The first kappa shape index (κ1) is 15.1. The number of hydrogen-bond acceptors (Lipinski definition) is 4. The minimum Gasteiger partial charge on any atom is -0.494 e. The summed E-state index contributed by atoms with van der Waals surface area (Å²) in [7, 11) is 1.51. The maximum absolute atomic E-state index is 13.6. The Bertz CT molecular complexity index is 849. The van der Waals surface area contributed by atoms with E-state index in [-0.39, 0.29) is 12.3 Å². The first-order chi connectivity index (χ1) is 11.2. The molecule has 5 nitrogen and oxygen atoms in total. The van der Waals surface area contributed by atoms with Gasteiger partial charge in [-0.2, -0.15) is 0 Å². The molecule has 0 amide bonds. The molecule has 3 aromatic rings. The van der Waals surface area contributed by atoms with E-state index in [0.29, 0.717) is 22.7 Å². The van der Waals surface area contributed by atoms with Gasteiger partial charge in [0, 0.05) is 5.56 Å². The summed E-state index contributed by atoms with van der Waals surface area (Å²) in [5, 5.41) is 17.4. The van der Waals surface area contributed by atoms with Gasteiger partial charge in [0.1, 0.15) is 22.8 Å².